The monoisotopic (exact) mass is 375 g/mol. The molecule has 2 atom stereocenters. The van der Waals surface area contributed by atoms with Gasteiger partial charge < -0.3 is 19.9 Å². The number of thiocarbonyl (C=S) groups is 1. The van der Waals surface area contributed by atoms with Gasteiger partial charge in [-0.2, -0.15) is 0 Å². The quantitative estimate of drug-likeness (QED) is 0.792. The van der Waals surface area contributed by atoms with Crippen LogP contribution in [0.5, 0.6) is 5.75 Å². The van der Waals surface area contributed by atoms with E-state index in [0.717, 1.165) is 11.1 Å². The lowest BCUT2D eigenvalue weighted by atomic mass is 9.95. The lowest BCUT2D eigenvalue weighted by Gasteiger charge is -2.24. The van der Waals surface area contributed by atoms with Gasteiger partial charge in [0.15, 0.2) is 0 Å². The Morgan fingerprint density at radius 1 is 1.35 bits per heavy atom. The number of aliphatic carboxylic acids is 1. The first-order valence-electron chi connectivity index (χ1n) is 8.01. The minimum absolute atomic E-state index is 0.253. The highest BCUT2D eigenvalue weighted by atomic mass is 32.1. The van der Waals surface area contributed by atoms with Crippen molar-refractivity contribution in [2.24, 2.45) is 0 Å². The van der Waals surface area contributed by atoms with Crippen molar-refractivity contribution in [3.8, 4) is 5.75 Å². The van der Waals surface area contributed by atoms with Crippen LogP contribution in [0.25, 0.3) is 0 Å². The molecule has 0 saturated heterocycles. The van der Waals surface area contributed by atoms with Crippen molar-refractivity contribution in [3.63, 3.8) is 0 Å². The number of halogens is 1. The molecule has 7 heteroatoms. The number of fused-ring (bicyclic) bond motifs is 1. The van der Waals surface area contributed by atoms with E-state index >= 15 is 0 Å². The van der Waals surface area contributed by atoms with Crippen LogP contribution in [-0.4, -0.2) is 29.3 Å². The number of anilines is 1. The summed E-state index contributed by atoms with van der Waals surface area (Å²) >= 11 is 5.31. The third-order valence-electron chi connectivity index (χ3n) is 4.34. The molecule has 0 spiro atoms. The number of carbonyl (C=O) groups is 1. The van der Waals surface area contributed by atoms with E-state index in [0.29, 0.717) is 17.0 Å². The van der Waals surface area contributed by atoms with E-state index in [-0.39, 0.29) is 11.4 Å². The highest BCUT2D eigenvalue weighted by Gasteiger charge is 2.32. The smallest absolute Gasteiger partial charge is 0.306 e. The molecule has 0 unspecified atom stereocenters. The van der Waals surface area contributed by atoms with Crippen molar-refractivity contribution in [3.05, 3.63) is 58.9 Å². The number of carboxylic acid groups (broad SMARTS) is 1. The number of ether oxygens (including phenoxy) is 2. The topological polar surface area (TPSA) is 67.8 Å². The van der Waals surface area contributed by atoms with Gasteiger partial charge in [-0.15, -0.1) is 0 Å². The maximum atomic E-state index is 13.9. The van der Waals surface area contributed by atoms with Gasteiger partial charge in [-0.1, -0.05) is 24.4 Å². The van der Waals surface area contributed by atoms with Crippen molar-refractivity contribution < 1.29 is 23.8 Å². The van der Waals surface area contributed by atoms with Gasteiger partial charge in [-0.3, -0.25) is 4.79 Å². The zero-order chi connectivity index (χ0) is 18.8. The van der Waals surface area contributed by atoms with Crippen LogP contribution in [0.3, 0.4) is 0 Å². The van der Waals surface area contributed by atoms with E-state index in [1.807, 2.05) is 25.1 Å². The van der Waals surface area contributed by atoms with Crippen molar-refractivity contribution in [2.45, 2.75) is 25.6 Å². The lowest BCUT2D eigenvalue weighted by molar-refractivity contribution is -0.139. The summed E-state index contributed by atoms with van der Waals surface area (Å²) in [5.41, 5.74) is 2.74. The number of methoxy groups -OCH3 is 1. The molecule has 0 radical (unpaired) electrons. The highest BCUT2D eigenvalue weighted by molar-refractivity contribution is 7.80. The van der Waals surface area contributed by atoms with E-state index in [2.05, 4.69) is 5.32 Å². The molecule has 0 fully saturated rings. The number of carboxylic acids is 1. The first kappa shape index (κ1) is 18.3. The first-order chi connectivity index (χ1) is 12.4. The number of rotatable bonds is 4. The summed E-state index contributed by atoms with van der Waals surface area (Å²) in [7, 11) is 1.57. The van der Waals surface area contributed by atoms with Gasteiger partial charge in [0.25, 0.3) is 0 Å². The molecule has 2 N–H and O–H groups in total. The van der Waals surface area contributed by atoms with Gasteiger partial charge in [-0.05, 0) is 42.3 Å². The van der Waals surface area contributed by atoms with E-state index in [4.69, 9.17) is 21.7 Å². The van der Waals surface area contributed by atoms with Gasteiger partial charge in [-0.25, -0.2) is 4.39 Å². The Labute approximate surface area is 155 Å². The number of hydrogen-bond acceptors (Lipinski definition) is 4. The summed E-state index contributed by atoms with van der Waals surface area (Å²) in [6.45, 7) is 1.87. The second-order valence-corrected chi connectivity index (χ2v) is 6.44. The molecule has 2 aromatic rings. The van der Waals surface area contributed by atoms with E-state index in [1.54, 1.807) is 13.2 Å². The predicted octanol–water partition coefficient (Wildman–Crippen LogP) is 3.84. The summed E-state index contributed by atoms with van der Waals surface area (Å²) in [6.07, 6.45) is -1.82. The van der Waals surface area contributed by atoms with Crippen LogP contribution < -0.4 is 10.1 Å². The van der Waals surface area contributed by atoms with Crippen LogP contribution in [-0.2, 0) is 9.53 Å². The van der Waals surface area contributed by atoms with Crippen LogP contribution >= 0.6 is 12.2 Å². The molecule has 136 valence electrons. The average molecular weight is 375 g/mol. The molecule has 5 nitrogen and oxygen atoms in total. The van der Waals surface area contributed by atoms with Gasteiger partial charge in [0.1, 0.15) is 28.8 Å². The van der Waals surface area contributed by atoms with E-state index < -0.39 is 24.0 Å². The summed E-state index contributed by atoms with van der Waals surface area (Å²) in [5, 5.41) is 12.2. The first-order valence-corrected chi connectivity index (χ1v) is 8.42. The SMILES string of the molecule is COc1cccc([C@H]2O[C@H](CC(=O)O)C(=S)Nc3ccc(F)cc32)c1C. The van der Waals surface area contributed by atoms with Crippen molar-refractivity contribution >= 4 is 28.9 Å². The van der Waals surface area contributed by atoms with Crippen LogP contribution in [0.4, 0.5) is 10.1 Å². The molecule has 26 heavy (non-hydrogen) atoms. The fourth-order valence-corrected chi connectivity index (χ4v) is 3.30. The maximum Gasteiger partial charge on any atom is 0.306 e. The molecular weight excluding hydrogens is 357 g/mol. The largest absolute Gasteiger partial charge is 0.496 e. The van der Waals surface area contributed by atoms with Crippen LogP contribution in [0.1, 0.15) is 29.2 Å². The zero-order valence-electron chi connectivity index (χ0n) is 14.3. The van der Waals surface area contributed by atoms with Gasteiger partial charge >= 0.3 is 5.97 Å². The Morgan fingerprint density at radius 3 is 2.81 bits per heavy atom. The van der Waals surface area contributed by atoms with Crippen LogP contribution in [0.15, 0.2) is 36.4 Å². The summed E-state index contributed by atoms with van der Waals surface area (Å²) < 4.78 is 25.4. The van der Waals surface area contributed by atoms with Crippen LogP contribution in [0, 0.1) is 12.7 Å². The Bertz CT molecular complexity index is 871. The Morgan fingerprint density at radius 2 is 2.12 bits per heavy atom. The summed E-state index contributed by atoms with van der Waals surface area (Å²) in [6, 6.07) is 9.75. The zero-order valence-corrected chi connectivity index (χ0v) is 15.1. The Balaban J connectivity index is 2.15. The molecule has 2 aromatic carbocycles. The van der Waals surface area contributed by atoms with E-state index in [9.17, 15) is 14.3 Å². The third-order valence-corrected chi connectivity index (χ3v) is 4.70. The lowest BCUT2D eigenvalue weighted by Crippen LogP contribution is -2.30. The molecule has 0 amide bonds. The fourth-order valence-electron chi connectivity index (χ4n) is 3.05. The van der Waals surface area contributed by atoms with Gasteiger partial charge in [0, 0.05) is 11.3 Å². The minimum atomic E-state index is -1.03. The molecule has 0 aromatic heterocycles. The fraction of sp³-hybridized carbons (Fsp3) is 0.263. The Hall–Kier alpha value is -2.51. The van der Waals surface area contributed by atoms with Crippen molar-refractivity contribution in [1.29, 1.82) is 0 Å². The number of benzene rings is 2. The normalized spacial score (nSPS) is 19.3. The van der Waals surface area contributed by atoms with Gasteiger partial charge in [0.05, 0.1) is 13.5 Å². The molecule has 0 saturated carbocycles. The molecule has 1 aliphatic heterocycles. The third kappa shape index (κ3) is 3.54. The number of nitrogens with one attached hydrogen (secondary N) is 1. The molecular formula is C19H18FNO4S. The number of hydrogen-bond donors (Lipinski definition) is 2. The summed E-state index contributed by atoms with van der Waals surface area (Å²) in [5.74, 6) is -0.779. The standard InChI is InChI=1S/C19H18FNO4S/c1-10-12(4-3-5-15(10)24-2)18-13-8-11(20)6-7-14(13)21-19(26)16(25-18)9-17(22)23/h3-8,16,18H,9H2,1-2H3,(H,21,26)(H,22,23)/t16-,18-/m1/s1. The highest BCUT2D eigenvalue weighted by Crippen LogP contribution is 2.39. The van der Waals surface area contributed by atoms with E-state index in [1.165, 1.54) is 12.1 Å². The maximum absolute atomic E-state index is 13.9. The second-order valence-electron chi connectivity index (χ2n) is 6.00. The molecule has 3 rings (SSSR count). The summed E-state index contributed by atoms with van der Waals surface area (Å²) in [4.78, 5) is 11.5. The molecule has 0 bridgehead atoms. The van der Waals surface area contributed by atoms with Crippen molar-refractivity contribution in [2.75, 3.05) is 12.4 Å². The molecule has 1 heterocycles. The second kappa shape index (κ2) is 7.39. The van der Waals surface area contributed by atoms with Gasteiger partial charge in [0.2, 0.25) is 0 Å². The molecule has 0 aliphatic carbocycles. The molecule has 1 aliphatic rings. The predicted molar refractivity (Wildman–Crippen MR) is 99.3 cm³/mol. The minimum Gasteiger partial charge on any atom is -0.496 e. The van der Waals surface area contributed by atoms with Crippen LogP contribution in [0.2, 0.25) is 0 Å². The average Bonchev–Trinajstić information content (AvgIpc) is 2.72. The van der Waals surface area contributed by atoms with Crippen molar-refractivity contribution in [1.82, 2.24) is 0 Å². The Kier molecular flexibility index (Phi) is 5.20.